The molecule has 0 amide bonds. The molecule has 0 bridgehead atoms. The lowest BCUT2D eigenvalue weighted by molar-refractivity contribution is -0.179. The van der Waals surface area contributed by atoms with Gasteiger partial charge in [0.1, 0.15) is 63.2 Å². The van der Waals surface area contributed by atoms with Gasteiger partial charge in [0, 0.05) is 25.4 Å². The molecular formula is C53H68O16. The SMILES string of the molecule is C=C(C)C(=O)OCCCc1cc(-c2ccc(OCc3ccc(CCCCCCCC)cc3)cc2)ccc1OCC(COC(=O)C(=C)C)(COC(=O)C(=O)OCCOC)COC(=O)C(=O)OCCOC. The summed E-state index contributed by atoms with van der Waals surface area (Å²) in [6.45, 7) is 9.87. The van der Waals surface area contributed by atoms with E-state index in [1.165, 1.54) is 65.2 Å². The molecule has 0 spiro atoms. The maximum Gasteiger partial charge on any atom is 0.417 e. The van der Waals surface area contributed by atoms with Gasteiger partial charge in [-0.15, -0.1) is 0 Å². The largest absolute Gasteiger partial charge is 0.492 e. The molecule has 0 aliphatic heterocycles. The molecule has 0 saturated heterocycles. The zero-order valence-electron chi connectivity index (χ0n) is 40.7. The molecule has 376 valence electrons. The molecule has 0 fully saturated rings. The maximum atomic E-state index is 12.8. The Bertz CT molecular complexity index is 2090. The number of unbranched alkanes of at least 4 members (excludes halogenated alkanes) is 5. The van der Waals surface area contributed by atoms with Gasteiger partial charge in [-0.25, -0.2) is 28.8 Å². The van der Waals surface area contributed by atoms with E-state index in [-0.39, 0.29) is 44.2 Å². The van der Waals surface area contributed by atoms with Gasteiger partial charge in [-0.05, 0) is 91.6 Å². The molecule has 0 N–H and O–H groups in total. The Labute approximate surface area is 405 Å². The van der Waals surface area contributed by atoms with Crippen molar-refractivity contribution < 1.29 is 76.1 Å². The third-order valence-corrected chi connectivity index (χ3v) is 10.5. The summed E-state index contributed by atoms with van der Waals surface area (Å²) in [7, 11) is 2.76. The zero-order valence-corrected chi connectivity index (χ0v) is 40.7. The molecule has 0 aliphatic carbocycles. The number of aryl methyl sites for hydroxylation is 2. The molecule has 0 saturated carbocycles. The first-order chi connectivity index (χ1) is 33.2. The van der Waals surface area contributed by atoms with Crippen LogP contribution in [0.15, 0.2) is 91.0 Å². The van der Waals surface area contributed by atoms with E-state index in [4.69, 9.17) is 47.4 Å². The first-order valence-corrected chi connectivity index (χ1v) is 23.1. The fourth-order valence-electron chi connectivity index (χ4n) is 6.40. The number of hydrogen-bond donors (Lipinski definition) is 0. The number of carbonyl (C=O) groups excluding carboxylic acids is 6. The molecule has 69 heavy (non-hydrogen) atoms. The minimum Gasteiger partial charge on any atom is -0.492 e. The maximum absolute atomic E-state index is 12.8. The lowest BCUT2D eigenvalue weighted by Gasteiger charge is -2.32. The van der Waals surface area contributed by atoms with E-state index in [9.17, 15) is 28.8 Å². The van der Waals surface area contributed by atoms with E-state index >= 15 is 0 Å². The highest BCUT2D eigenvalue weighted by atomic mass is 16.6. The number of carbonyl (C=O) groups is 6. The van der Waals surface area contributed by atoms with Crippen molar-refractivity contribution in [2.45, 2.75) is 85.2 Å². The van der Waals surface area contributed by atoms with E-state index in [0.29, 0.717) is 36.5 Å². The normalized spacial score (nSPS) is 10.9. The van der Waals surface area contributed by atoms with Gasteiger partial charge in [-0.3, -0.25) is 0 Å². The summed E-state index contributed by atoms with van der Waals surface area (Å²) in [6, 6.07) is 21.6. The Morgan fingerprint density at radius 3 is 1.54 bits per heavy atom. The second kappa shape index (κ2) is 31.5. The van der Waals surface area contributed by atoms with Crippen LogP contribution in [0.2, 0.25) is 0 Å². The Morgan fingerprint density at radius 2 is 0.971 bits per heavy atom. The topological polar surface area (TPSA) is 195 Å². The van der Waals surface area contributed by atoms with Crippen LogP contribution < -0.4 is 9.47 Å². The van der Waals surface area contributed by atoms with E-state index in [2.05, 4.69) is 44.3 Å². The third kappa shape index (κ3) is 21.5. The first-order valence-electron chi connectivity index (χ1n) is 23.1. The second-order valence-electron chi connectivity index (χ2n) is 16.5. The summed E-state index contributed by atoms with van der Waals surface area (Å²) in [4.78, 5) is 75.4. The Morgan fingerprint density at radius 1 is 0.478 bits per heavy atom. The second-order valence-corrected chi connectivity index (χ2v) is 16.5. The third-order valence-electron chi connectivity index (χ3n) is 10.5. The smallest absolute Gasteiger partial charge is 0.417 e. The number of ether oxygens (including phenoxy) is 10. The molecule has 0 heterocycles. The molecule has 0 aliphatic rings. The molecule has 16 nitrogen and oxygen atoms in total. The number of benzene rings is 3. The van der Waals surface area contributed by atoms with E-state index in [1.807, 2.05) is 36.4 Å². The van der Waals surface area contributed by atoms with E-state index in [1.54, 1.807) is 13.0 Å². The van der Waals surface area contributed by atoms with Crippen LogP contribution in [0.25, 0.3) is 11.1 Å². The highest BCUT2D eigenvalue weighted by Gasteiger charge is 2.39. The summed E-state index contributed by atoms with van der Waals surface area (Å²) in [5, 5.41) is 0. The van der Waals surface area contributed by atoms with Gasteiger partial charge in [0.25, 0.3) is 0 Å². The van der Waals surface area contributed by atoms with Crippen molar-refractivity contribution in [1.29, 1.82) is 0 Å². The highest BCUT2D eigenvalue weighted by Crippen LogP contribution is 2.32. The van der Waals surface area contributed by atoms with Crippen LogP contribution in [0.1, 0.15) is 82.4 Å². The van der Waals surface area contributed by atoms with Gasteiger partial charge in [0.15, 0.2) is 0 Å². The number of esters is 6. The van der Waals surface area contributed by atoms with Crippen LogP contribution in [-0.2, 0) is 86.1 Å². The predicted molar refractivity (Wildman–Crippen MR) is 255 cm³/mol. The molecule has 0 radical (unpaired) electrons. The quantitative estimate of drug-likeness (QED) is 0.0193. The Balaban J connectivity index is 1.88. The van der Waals surface area contributed by atoms with Gasteiger partial charge in [0.2, 0.25) is 0 Å². The zero-order chi connectivity index (χ0) is 50.4. The van der Waals surface area contributed by atoms with Crippen molar-refractivity contribution in [2.24, 2.45) is 5.41 Å². The molecular weight excluding hydrogens is 893 g/mol. The van der Waals surface area contributed by atoms with Gasteiger partial charge in [-0.2, -0.15) is 0 Å². The fraction of sp³-hybridized carbons (Fsp3) is 0.472. The van der Waals surface area contributed by atoms with Crippen LogP contribution in [0.3, 0.4) is 0 Å². The molecule has 3 aromatic carbocycles. The monoisotopic (exact) mass is 960 g/mol. The average molecular weight is 961 g/mol. The minimum atomic E-state index is -1.74. The molecule has 0 atom stereocenters. The highest BCUT2D eigenvalue weighted by molar-refractivity contribution is 6.30. The summed E-state index contributed by atoms with van der Waals surface area (Å²) < 4.78 is 53.4. The van der Waals surface area contributed by atoms with Gasteiger partial charge >= 0.3 is 35.8 Å². The van der Waals surface area contributed by atoms with E-state index in [0.717, 1.165) is 23.1 Å². The van der Waals surface area contributed by atoms with Crippen LogP contribution in [0.4, 0.5) is 0 Å². The summed E-state index contributed by atoms with van der Waals surface area (Å²) >= 11 is 0. The van der Waals surface area contributed by atoms with E-state index < -0.39 is 67.7 Å². The standard InChI is InChI=1S/C53H68O16/c1-8-9-10-11-12-13-15-40-17-19-41(20-18-40)33-65-45-24-21-42(22-25-45)43-23-26-46(44(32-43)16-14-27-62-47(54)38(2)3)66-34-53(35-67-48(55)39(4)5,36-68-51(58)49(56)63-30-28-60-6)37-69-52(59)50(57)64-31-29-61-7/h17-26,32H,2,4,8-16,27-31,33-37H2,1,3,5-7H3. The van der Waals surface area contributed by atoms with Crippen molar-refractivity contribution in [3.8, 4) is 22.6 Å². The first kappa shape index (κ1) is 56.8. The molecule has 3 aromatic rings. The van der Waals surface area contributed by atoms with Crippen molar-refractivity contribution >= 4 is 35.8 Å². The van der Waals surface area contributed by atoms with Gasteiger partial charge < -0.3 is 47.4 Å². The van der Waals surface area contributed by atoms with Crippen LogP contribution in [0.5, 0.6) is 11.5 Å². The number of rotatable bonds is 32. The van der Waals surface area contributed by atoms with Gasteiger partial charge in [0.05, 0.1) is 19.8 Å². The van der Waals surface area contributed by atoms with Crippen molar-refractivity contribution in [1.82, 2.24) is 0 Å². The summed E-state index contributed by atoms with van der Waals surface area (Å²) in [5.41, 5.74) is 3.25. The minimum absolute atomic E-state index is 0.0100. The Kier molecular flexibility index (Phi) is 25.9. The average Bonchev–Trinajstić information content (AvgIpc) is 3.35. The summed E-state index contributed by atoms with van der Waals surface area (Å²) in [6.07, 6.45) is 9.36. The van der Waals surface area contributed by atoms with Crippen LogP contribution in [-0.4, -0.2) is 109 Å². The lowest BCUT2D eigenvalue weighted by atomic mass is 9.91. The van der Waals surface area contributed by atoms with Crippen molar-refractivity contribution in [3.05, 3.63) is 108 Å². The summed E-state index contributed by atoms with van der Waals surface area (Å²) in [5.74, 6) is -5.88. The van der Waals surface area contributed by atoms with Crippen molar-refractivity contribution in [3.63, 3.8) is 0 Å². The molecule has 0 unspecified atom stereocenters. The molecule has 3 rings (SSSR count). The fourth-order valence-corrected chi connectivity index (χ4v) is 6.40. The predicted octanol–water partition coefficient (Wildman–Crippen LogP) is 7.84. The van der Waals surface area contributed by atoms with Crippen LogP contribution in [0, 0.1) is 5.41 Å². The number of hydrogen-bond acceptors (Lipinski definition) is 16. The van der Waals surface area contributed by atoms with Crippen molar-refractivity contribution in [2.75, 3.05) is 73.7 Å². The lowest BCUT2D eigenvalue weighted by Crippen LogP contribution is -2.45. The molecule has 0 aromatic heterocycles. The van der Waals surface area contributed by atoms with Crippen LogP contribution >= 0.6 is 0 Å². The number of methoxy groups -OCH3 is 2. The Hall–Kier alpha value is -6.52. The molecule has 16 heteroatoms. The van der Waals surface area contributed by atoms with Gasteiger partial charge in [-0.1, -0.05) is 94.7 Å².